The lowest BCUT2D eigenvalue weighted by molar-refractivity contribution is -0.123. The molecular weight excluding hydrogens is 418 g/mol. The number of hydrogen-bond donors (Lipinski definition) is 1. The number of benzene rings is 2. The van der Waals surface area contributed by atoms with Crippen molar-refractivity contribution in [2.45, 2.75) is 38.3 Å². The van der Waals surface area contributed by atoms with Crippen LogP contribution in [0.1, 0.15) is 57.4 Å². The molecule has 0 unspecified atom stereocenters. The number of amides is 2. The second kappa shape index (κ2) is 8.59. The molecule has 7 heteroatoms. The average molecular weight is 441 g/mol. The molecule has 0 spiro atoms. The lowest BCUT2D eigenvalue weighted by atomic mass is 9.97. The number of primary amides is 1. The van der Waals surface area contributed by atoms with Gasteiger partial charge in [0.1, 0.15) is 11.9 Å². The number of fused-ring (bicyclic) bond motifs is 1. The van der Waals surface area contributed by atoms with Crippen molar-refractivity contribution in [3.05, 3.63) is 92.7 Å². The first kappa shape index (κ1) is 21.2. The van der Waals surface area contributed by atoms with Crippen molar-refractivity contribution in [1.29, 1.82) is 0 Å². The number of rotatable bonds is 6. The molecule has 31 heavy (non-hydrogen) atoms. The van der Waals surface area contributed by atoms with Crippen LogP contribution < -0.4 is 5.73 Å². The maximum absolute atomic E-state index is 14.7. The molecule has 0 saturated carbocycles. The highest BCUT2D eigenvalue weighted by molar-refractivity contribution is 7.12. The first-order valence-electron chi connectivity index (χ1n) is 10.1. The molecule has 0 radical (unpaired) electrons. The van der Waals surface area contributed by atoms with Crippen LogP contribution in [0.4, 0.5) is 8.78 Å². The van der Waals surface area contributed by atoms with Gasteiger partial charge in [0.25, 0.3) is 5.91 Å². The van der Waals surface area contributed by atoms with Crippen molar-refractivity contribution < 1.29 is 18.4 Å². The van der Waals surface area contributed by atoms with E-state index in [1.165, 1.54) is 23.1 Å². The molecule has 2 amide bonds. The Labute approximate surface area is 183 Å². The Kier molecular flexibility index (Phi) is 5.87. The van der Waals surface area contributed by atoms with Gasteiger partial charge in [-0.3, -0.25) is 9.59 Å². The van der Waals surface area contributed by atoms with Gasteiger partial charge in [-0.2, -0.15) is 4.39 Å². The minimum Gasteiger partial charge on any atom is -0.368 e. The molecule has 4 rings (SSSR count). The number of carbonyl (C=O) groups is 2. The molecule has 2 aromatic carbocycles. The summed E-state index contributed by atoms with van der Waals surface area (Å²) in [5, 5.41) is -0.496. The van der Waals surface area contributed by atoms with Gasteiger partial charge >= 0.3 is 0 Å². The van der Waals surface area contributed by atoms with Gasteiger partial charge in [-0.05, 0) is 59.7 Å². The smallest absolute Gasteiger partial charge is 0.265 e. The van der Waals surface area contributed by atoms with Crippen LogP contribution in [0.15, 0.2) is 54.6 Å². The Morgan fingerprint density at radius 2 is 1.90 bits per heavy atom. The summed E-state index contributed by atoms with van der Waals surface area (Å²) in [5.41, 5.74) is 8.39. The van der Waals surface area contributed by atoms with Crippen molar-refractivity contribution in [3.63, 3.8) is 0 Å². The predicted octanol–water partition coefficient (Wildman–Crippen LogP) is 4.95. The van der Waals surface area contributed by atoms with E-state index < -0.39 is 29.0 Å². The Morgan fingerprint density at radius 3 is 2.52 bits per heavy atom. The Bertz CT molecular complexity index is 1130. The summed E-state index contributed by atoms with van der Waals surface area (Å²) in [5.74, 6) is -1.50. The van der Waals surface area contributed by atoms with Gasteiger partial charge in [-0.1, -0.05) is 43.3 Å². The fourth-order valence-corrected chi connectivity index (χ4v) is 4.97. The van der Waals surface area contributed by atoms with Crippen LogP contribution in [0.2, 0.25) is 0 Å². The quantitative estimate of drug-likeness (QED) is 0.590. The van der Waals surface area contributed by atoms with E-state index in [-0.39, 0.29) is 10.7 Å². The second-order valence-electron chi connectivity index (χ2n) is 7.59. The van der Waals surface area contributed by atoms with Gasteiger partial charge in [0.15, 0.2) is 5.13 Å². The van der Waals surface area contributed by atoms with Gasteiger partial charge in [0.05, 0.1) is 10.9 Å². The first-order valence-corrected chi connectivity index (χ1v) is 11.0. The average Bonchev–Trinajstić information content (AvgIpc) is 3.38. The van der Waals surface area contributed by atoms with Gasteiger partial charge in [0.2, 0.25) is 5.91 Å². The highest BCUT2D eigenvalue weighted by atomic mass is 32.1. The lowest BCUT2D eigenvalue weighted by Gasteiger charge is -2.35. The zero-order valence-electron chi connectivity index (χ0n) is 17.0. The Balaban J connectivity index is 1.87. The number of halogens is 2. The predicted molar refractivity (Wildman–Crippen MR) is 116 cm³/mol. The summed E-state index contributed by atoms with van der Waals surface area (Å²) >= 11 is 0.715. The standard InChI is InChI=1S/C24H22F2N2O2S/c1-2-14-12-17-16(18(25)13-14)8-9-19(17)28(24(30)20-10-11-21(26)31-20)22(23(27)29)15-6-4-3-5-7-15/h3-7,10-13,19,22H,2,8-9H2,1H3,(H2,27,29)/t19-,22-/m1/s1. The molecule has 1 heterocycles. The number of aryl methyl sites for hydroxylation is 1. The van der Waals surface area contributed by atoms with Crippen LogP contribution >= 0.6 is 11.3 Å². The Hall–Kier alpha value is -3.06. The number of nitrogens with two attached hydrogens (primary N) is 1. The van der Waals surface area contributed by atoms with Gasteiger partial charge in [-0.25, -0.2) is 4.39 Å². The molecule has 0 aliphatic heterocycles. The molecule has 1 aromatic heterocycles. The van der Waals surface area contributed by atoms with E-state index >= 15 is 0 Å². The summed E-state index contributed by atoms with van der Waals surface area (Å²) in [6, 6.07) is 13.2. The summed E-state index contributed by atoms with van der Waals surface area (Å²) in [7, 11) is 0. The van der Waals surface area contributed by atoms with Crippen LogP contribution in [0.25, 0.3) is 0 Å². The third-order valence-electron chi connectivity index (χ3n) is 5.74. The number of hydrogen-bond acceptors (Lipinski definition) is 3. The van der Waals surface area contributed by atoms with Crippen LogP contribution in [-0.4, -0.2) is 16.7 Å². The van der Waals surface area contributed by atoms with Gasteiger partial charge in [-0.15, -0.1) is 11.3 Å². The molecule has 0 fully saturated rings. The molecule has 4 nitrogen and oxygen atoms in total. The topological polar surface area (TPSA) is 63.4 Å². The molecule has 1 aliphatic carbocycles. The molecular formula is C24H22F2N2O2S. The van der Waals surface area contributed by atoms with Gasteiger partial charge in [0, 0.05) is 0 Å². The van der Waals surface area contributed by atoms with Crippen LogP contribution in [0.3, 0.4) is 0 Å². The highest BCUT2D eigenvalue weighted by Crippen LogP contribution is 2.43. The minimum absolute atomic E-state index is 0.167. The summed E-state index contributed by atoms with van der Waals surface area (Å²) in [4.78, 5) is 27.8. The van der Waals surface area contributed by atoms with Crippen molar-refractivity contribution in [2.75, 3.05) is 0 Å². The molecule has 2 N–H and O–H groups in total. The third-order valence-corrected chi connectivity index (χ3v) is 6.60. The van der Waals surface area contributed by atoms with E-state index in [1.54, 1.807) is 30.3 Å². The Morgan fingerprint density at radius 1 is 1.16 bits per heavy atom. The van der Waals surface area contributed by atoms with Gasteiger partial charge < -0.3 is 10.6 Å². The van der Waals surface area contributed by atoms with E-state index in [2.05, 4.69) is 0 Å². The first-order chi connectivity index (χ1) is 14.9. The van der Waals surface area contributed by atoms with Crippen molar-refractivity contribution in [3.8, 4) is 0 Å². The van der Waals surface area contributed by atoms with E-state index in [4.69, 9.17) is 5.73 Å². The maximum Gasteiger partial charge on any atom is 0.265 e. The van der Waals surface area contributed by atoms with Crippen LogP contribution in [0, 0.1) is 10.9 Å². The van der Waals surface area contributed by atoms with Crippen molar-refractivity contribution in [2.24, 2.45) is 5.73 Å². The maximum atomic E-state index is 14.7. The van der Waals surface area contributed by atoms with E-state index in [9.17, 15) is 18.4 Å². The molecule has 0 bridgehead atoms. The monoisotopic (exact) mass is 440 g/mol. The van der Waals surface area contributed by atoms with E-state index in [1.807, 2.05) is 13.0 Å². The fraction of sp³-hybridized carbons (Fsp3) is 0.250. The summed E-state index contributed by atoms with van der Waals surface area (Å²) in [6.45, 7) is 1.93. The zero-order valence-corrected chi connectivity index (χ0v) is 17.8. The SMILES string of the molecule is CCc1cc(F)c2c(c1)[C@H](N(C(=O)c1ccc(F)s1)[C@@H](C(N)=O)c1ccccc1)CC2. The van der Waals surface area contributed by atoms with E-state index in [0.717, 1.165) is 5.56 Å². The second-order valence-corrected chi connectivity index (χ2v) is 8.62. The fourth-order valence-electron chi connectivity index (χ4n) is 4.30. The minimum atomic E-state index is -1.07. The molecule has 3 aromatic rings. The normalized spacial score (nSPS) is 16.0. The summed E-state index contributed by atoms with van der Waals surface area (Å²) < 4.78 is 28.5. The number of carbonyl (C=O) groups excluding carboxylic acids is 2. The van der Waals surface area contributed by atoms with Crippen LogP contribution in [0.5, 0.6) is 0 Å². The van der Waals surface area contributed by atoms with Crippen molar-refractivity contribution >= 4 is 23.2 Å². The molecule has 1 aliphatic rings. The highest BCUT2D eigenvalue weighted by Gasteiger charge is 2.40. The van der Waals surface area contributed by atoms with Crippen LogP contribution in [-0.2, 0) is 17.6 Å². The lowest BCUT2D eigenvalue weighted by Crippen LogP contribution is -2.43. The summed E-state index contributed by atoms with van der Waals surface area (Å²) in [6.07, 6.45) is 1.53. The zero-order chi connectivity index (χ0) is 22.1. The number of nitrogens with zero attached hydrogens (tertiary/aromatic N) is 1. The molecule has 0 saturated heterocycles. The molecule has 160 valence electrons. The number of thiophene rings is 1. The third kappa shape index (κ3) is 3.97. The largest absolute Gasteiger partial charge is 0.368 e. The van der Waals surface area contributed by atoms with Crippen molar-refractivity contribution in [1.82, 2.24) is 4.90 Å². The van der Waals surface area contributed by atoms with E-state index in [0.29, 0.717) is 47.3 Å². The molecule has 2 atom stereocenters.